The molecule has 0 aliphatic carbocycles. The Balaban J connectivity index is 1.85. The fraction of sp³-hybridized carbons (Fsp3) is 0.619. The van der Waals surface area contributed by atoms with Crippen LogP contribution in [0.2, 0.25) is 0 Å². The second-order valence-corrected chi connectivity index (χ2v) is 7.76. The monoisotopic (exact) mass is 358 g/mol. The fourth-order valence-electron chi connectivity index (χ4n) is 3.27. The summed E-state index contributed by atoms with van der Waals surface area (Å²) < 4.78 is 0. The molecule has 1 aromatic heterocycles. The Labute approximate surface area is 156 Å². The van der Waals surface area contributed by atoms with Crippen molar-refractivity contribution < 1.29 is 14.4 Å². The number of carbonyl (C=O) groups is 3. The maximum atomic E-state index is 12.6. The number of Topliss-reactive ketones (excluding diaryl/α,β-unsaturated/α-hetero) is 2. The van der Waals surface area contributed by atoms with Crippen LogP contribution in [0.15, 0.2) is 24.5 Å². The molecule has 0 N–H and O–H groups in total. The molecule has 0 bridgehead atoms. The van der Waals surface area contributed by atoms with Crippen molar-refractivity contribution in [3.05, 3.63) is 30.1 Å². The molecule has 26 heavy (non-hydrogen) atoms. The van der Waals surface area contributed by atoms with Crippen LogP contribution in [0.25, 0.3) is 0 Å². The van der Waals surface area contributed by atoms with Crippen LogP contribution in [0, 0.1) is 5.41 Å². The molecule has 1 aliphatic heterocycles. The lowest BCUT2D eigenvalue weighted by Gasteiger charge is -2.27. The predicted molar refractivity (Wildman–Crippen MR) is 101 cm³/mol. The Bertz CT molecular complexity index is 640. The smallest absolute Gasteiger partial charge is 0.291 e. The van der Waals surface area contributed by atoms with E-state index in [9.17, 15) is 14.4 Å². The first-order valence-corrected chi connectivity index (χ1v) is 9.64. The van der Waals surface area contributed by atoms with Gasteiger partial charge in [-0.3, -0.25) is 19.4 Å². The summed E-state index contributed by atoms with van der Waals surface area (Å²) in [6.45, 7) is 5.99. The predicted octanol–water partition coefficient (Wildman–Crippen LogP) is 3.36. The minimum Gasteiger partial charge on any atom is -0.326 e. The van der Waals surface area contributed by atoms with Gasteiger partial charge in [0.05, 0.1) is 6.04 Å². The number of rotatable bonds is 9. The van der Waals surface area contributed by atoms with Gasteiger partial charge in [0.25, 0.3) is 5.91 Å². The molecule has 1 aromatic rings. The normalized spacial score (nSPS) is 17.3. The van der Waals surface area contributed by atoms with Gasteiger partial charge in [0.15, 0.2) is 5.78 Å². The van der Waals surface area contributed by atoms with Gasteiger partial charge in [0.2, 0.25) is 5.78 Å². The zero-order valence-electron chi connectivity index (χ0n) is 16.2. The second-order valence-electron chi connectivity index (χ2n) is 7.76. The first-order chi connectivity index (χ1) is 12.4. The molecule has 2 rings (SSSR count). The van der Waals surface area contributed by atoms with Crippen LogP contribution >= 0.6 is 0 Å². The van der Waals surface area contributed by atoms with Gasteiger partial charge in [0, 0.05) is 30.8 Å². The average molecular weight is 358 g/mol. The largest absolute Gasteiger partial charge is 0.326 e. The number of aryl methyl sites for hydroxylation is 1. The van der Waals surface area contributed by atoms with Crippen molar-refractivity contribution in [1.82, 2.24) is 9.88 Å². The Morgan fingerprint density at radius 2 is 2.04 bits per heavy atom. The molecule has 1 aliphatic rings. The molecule has 0 saturated carbocycles. The lowest BCUT2D eigenvalue weighted by atomic mass is 9.84. The Morgan fingerprint density at radius 3 is 2.69 bits per heavy atom. The van der Waals surface area contributed by atoms with Gasteiger partial charge in [-0.1, -0.05) is 26.8 Å². The summed E-state index contributed by atoms with van der Waals surface area (Å²) in [6.07, 6.45) is 8.74. The molecule has 1 atom stereocenters. The van der Waals surface area contributed by atoms with Crippen molar-refractivity contribution in [2.75, 3.05) is 6.54 Å². The minimum absolute atomic E-state index is 0.0872. The summed E-state index contributed by atoms with van der Waals surface area (Å²) >= 11 is 0. The fourth-order valence-corrected chi connectivity index (χ4v) is 3.27. The quantitative estimate of drug-likeness (QED) is 0.501. The number of unbranched alkanes of at least 4 members (excludes halogenated alkanes) is 1. The maximum Gasteiger partial charge on any atom is 0.291 e. The molecule has 1 saturated heterocycles. The number of carbonyl (C=O) groups excluding carboxylic acids is 3. The van der Waals surface area contributed by atoms with Crippen molar-refractivity contribution in [3.8, 4) is 0 Å². The third-order valence-corrected chi connectivity index (χ3v) is 5.44. The Morgan fingerprint density at radius 1 is 1.27 bits per heavy atom. The highest BCUT2D eigenvalue weighted by Gasteiger charge is 2.40. The Hall–Kier alpha value is -2.04. The summed E-state index contributed by atoms with van der Waals surface area (Å²) in [6, 6.07) is 3.53. The molecule has 1 fully saturated rings. The van der Waals surface area contributed by atoms with E-state index in [1.165, 1.54) is 10.5 Å². The summed E-state index contributed by atoms with van der Waals surface area (Å²) in [5.41, 5.74) is 0.502. The molecule has 0 unspecified atom stereocenters. The van der Waals surface area contributed by atoms with Gasteiger partial charge in [-0.15, -0.1) is 0 Å². The summed E-state index contributed by atoms with van der Waals surface area (Å²) in [4.78, 5) is 43.3. The first kappa shape index (κ1) is 20.3. The summed E-state index contributed by atoms with van der Waals surface area (Å²) in [5, 5.41) is 0. The zero-order valence-corrected chi connectivity index (χ0v) is 16.2. The van der Waals surface area contributed by atoms with E-state index in [4.69, 9.17) is 0 Å². The van der Waals surface area contributed by atoms with Crippen LogP contribution in [0.4, 0.5) is 0 Å². The van der Waals surface area contributed by atoms with Crippen molar-refractivity contribution in [2.45, 2.75) is 71.8 Å². The molecule has 1 amide bonds. The molecule has 5 nitrogen and oxygen atoms in total. The Kier molecular flexibility index (Phi) is 7.06. The SMILES string of the molecule is CCC(C)(C)C(=O)C(=O)N1CCC[C@H]1C(=O)CCCCc1cccnc1. The first-order valence-electron chi connectivity index (χ1n) is 9.64. The van der Waals surface area contributed by atoms with Crippen molar-refractivity contribution in [1.29, 1.82) is 0 Å². The number of hydrogen-bond donors (Lipinski definition) is 0. The van der Waals surface area contributed by atoms with Gasteiger partial charge in [-0.25, -0.2) is 0 Å². The van der Waals surface area contributed by atoms with E-state index in [2.05, 4.69) is 4.98 Å². The average Bonchev–Trinajstić information content (AvgIpc) is 3.14. The number of likely N-dealkylation sites (tertiary alicyclic amines) is 1. The van der Waals surface area contributed by atoms with E-state index in [-0.39, 0.29) is 11.6 Å². The molecule has 5 heteroatoms. The number of hydrogen-bond acceptors (Lipinski definition) is 4. The highest BCUT2D eigenvalue weighted by molar-refractivity contribution is 6.38. The van der Waals surface area contributed by atoms with E-state index < -0.39 is 17.4 Å². The van der Waals surface area contributed by atoms with E-state index in [0.29, 0.717) is 25.8 Å². The van der Waals surface area contributed by atoms with Gasteiger partial charge >= 0.3 is 0 Å². The van der Waals surface area contributed by atoms with Crippen LogP contribution in [0.5, 0.6) is 0 Å². The number of pyridine rings is 1. The number of nitrogens with zero attached hydrogens (tertiary/aromatic N) is 2. The summed E-state index contributed by atoms with van der Waals surface area (Å²) in [7, 11) is 0. The van der Waals surface area contributed by atoms with Crippen LogP contribution in [0.1, 0.15) is 64.9 Å². The summed E-state index contributed by atoms with van der Waals surface area (Å²) in [5.74, 6) is -0.775. The minimum atomic E-state index is -0.670. The van der Waals surface area contributed by atoms with E-state index >= 15 is 0 Å². The molecule has 0 spiro atoms. The topological polar surface area (TPSA) is 67.3 Å². The number of amides is 1. The molecule has 0 aromatic carbocycles. The number of ketones is 2. The molecular formula is C21H30N2O3. The van der Waals surface area contributed by atoms with Gasteiger partial charge in [0.1, 0.15) is 0 Å². The lowest BCUT2D eigenvalue weighted by Crippen LogP contribution is -2.47. The van der Waals surface area contributed by atoms with Crippen LogP contribution in [0.3, 0.4) is 0 Å². The van der Waals surface area contributed by atoms with Crippen LogP contribution in [-0.4, -0.2) is 39.9 Å². The standard InChI is InChI=1S/C21H30N2O3/c1-4-21(2,3)19(25)20(26)23-14-8-11-17(23)18(24)12-6-5-9-16-10-7-13-22-15-16/h7,10,13,15,17H,4-6,8-9,11-12,14H2,1-3H3/t17-/m0/s1. The van der Waals surface area contributed by atoms with Crippen molar-refractivity contribution in [2.24, 2.45) is 5.41 Å². The van der Waals surface area contributed by atoms with Gasteiger partial charge in [-0.05, 0) is 50.2 Å². The van der Waals surface area contributed by atoms with Crippen molar-refractivity contribution in [3.63, 3.8) is 0 Å². The lowest BCUT2D eigenvalue weighted by molar-refractivity contribution is -0.151. The third kappa shape index (κ3) is 4.99. The van der Waals surface area contributed by atoms with E-state index in [1.807, 2.05) is 25.3 Å². The third-order valence-electron chi connectivity index (χ3n) is 5.44. The van der Waals surface area contributed by atoms with Gasteiger partial charge in [-0.2, -0.15) is 0 Å². The molecular weight excluding hydrogens is 328 g/mol. The molecule has 0 radical (unpaired) electrons. The number of aromatic nitrogens is 1. The van der Waals surface area contributed by atoms with Crippen molar-refractivity contribution >= 4 is 17.5 Å². The van der Waals surface area contributed by atoms with Crippen LogP contribution in [-0.2, 0) is 20.8 Å². The van der Waals surface area contributed by atoms with E-state index in [1.54, 1.807) is 20.0 Å². The zero-order chi connectivity index (χ0) is 19.2. The highest BCUT2D eigenvalue weighted by atomic mass is 16.2. The highest BCUT2D eigenvalue weighted by Crippen LogP contribution is 2.26. The van der Waals surface area contributed by atoms with E-state index in [0.717, 1.165) is 25.7 Å². The molecule has 142 valence electrons. The maximum absolute atomic E-state index is 12.6. The second kappa shape index (κ2) is 9.06. The molecule has 2 heterocycles. The van der Waals surface area contributed by atoms with Crippen LogP contribution < -0.4 is 0 Å². The van der Waals surface area contributed by atoms with Gasteiger partial charge < -0.3 is 4.90 Å².